The maximum Gasteiger partial charge on any atom is 0.326 e. The van der Waals surface area contributed by atoms with E-state index in [0.717, 1.165) is 6.07 Å². The highest BCUT2D eigenvalue weighted by Gasteiger charge is 2.24. The molecule has 1 aromatic carbocycles. The molecule has 0 spiro atoms. The van der Waals surface area contributed by atoms with Gasteiger partial charge in [0.25, 0.3) is 5.91 Å². The van der Waals surface area contributed by atoms with Gasteiger partial charge in [0.15, 0.2) is 0 Å². The summed E-state index contributed by atoms with van der Waals surface area (Å²) in [5.74, 6) is -2.56. The number of hydrogen-bond acceptors (Lipinski definition) is 2. The topological polar surface area (TPSA) is 66.4 Å². The van der Waals surface area contributed by atoms with Gasteiger partial charge in [-0.2, -0.15) is 0 Å². The van der Waals surface area contributed by atoms with Gasteiger partial charge in [-0.3, -0.25) is 4.79 Å². The Labute approximate surface area is 112 Å². The van der Waals surface area contributed by atoms with E-state index in [0.29, 0.717) is 4.47 Å². The average molecular weight is 318 g/mol. The molecule has 4 nitrogen and oxygen atoms in total. The molecule has 1 atom stereocenters. The first-order valence-electron chi connectivity index (χ1n) is 5.31. The molecule has 0 saturated carbocycles. The van der Waals surface area contributed by atoms with Gasteiger partial charge in [-0.25, -0.2) is 9.18 Å². The second-order valence-electron chi connectivity index (χ2n) is 4.19. The van der Waals surface area contributed by atoms with E-state index in [-0.39, 0.29) is 11.5 Å². The Bertz CT molecular complexity index is 456. The van der Waals surface area contributed by atoms with Gasteiger partial charge in [0, 0.05) is 10.0 Å². The first-order chi connectivity index (χ1) is 8.31. The summed E-state index contributed by atoms with van der Waals surface area (Å²) in [6.45, 7) is 3.36. The molecule has 0 radical (unpaired) electrons. The molecule has 2 N–H and O–H groups in total. The van der Waals surface area contributed by atoms with Gasteiger partial charge in [0.2, 0.25) is 0 Å². The van der Waals surface area contributed by atoms with Gasteiger partial charge in [-0.1, -0.05) is 29.8 Å². The van der Waals surface area contributed by atoms with Crippen LogP contribution in [0, 0.1) is 11.7 Å². The van der Waals surface area contributed by atoms with Crippen LogP contribution in [0.2, 0.25) is 0 Å². The first-order valence-corrected chi connectivity index (χ1v) is 6.10. The molecule has 18 heavy (non-hydrogen) atoms. The summed E-state index contributed by atoms with van der Waals surface area (Å²) < 4.78 is 13.5. The minimum absolute atomic E-state index is 0.0776. The zero-order chi connectivity index (χ0) is 13.9. The van der Waals surface area contributed by atoms with E-state index in [2.05, 4.69) is 21.2 Å². The lowest BCUT2D eigenvalue weighted by molar-refractivity contribution is -0.140. The predicted octanol–water partition coefficient (Wildman–Crippen LogP) is 2.43. The fourth-order valence-corrected chi connectivity index (χ4v) is 1.89. The van der Waals surface area contributed by atoms with Crippen LogP contribution in [0.25, 0.3) is 0 Å². The molecule has 0 aromatic heterocycles. The molecule has 0 aliphatic heterocycles. The van der Waals surface area contributed by atoms with E-state index in [1.54, 1.807) is 13.8 Å². The van der Waals surface area contributed by atoms with Crippen molar-refractivity contribution in [3.8, 4) is 0 Å². The molecular weight excluding hydrogens is 305 g/mol. The molecule has 0 aliphatic carbocycles. The van der Waals surface area contributed by atoms with Crippen molar-refractivity contribution < 1.29 is 19.1 Å². The Morgan fingerprint density at radius 2 is 1.94 bits per heavy atom. The maximum atomic E-state index is 13.1. The van der Waals surface area contributed by atoms with E-state index in [4.69, 9.17) is 5.11 Å². The third-order valence-electron chi connectivity index (χ3n) is 2.34. The number of aliphatic carboxylic acids is 1. The predicted molar refractivity (Wildman–Crippen MR) is 67.8 cm³/mol. The summed E-state index contributed by atoms with van der Waals surface area (Å²) in [5, 5.41) is 11.3. The lowest BCUT2D eigenvalue weighted by Crippen LogP contribution is -2.44. The molecule has 1 aromatic rings. The standard InChI is InChI=1S/C12H13BrFNO3/c1-6(2)10(12(17)18)15-11(16)7-3-8(13)5-9(14)4-7/h3-6,10H,1-2H3,(H,15,16)(H,17,18)/t10-/m1/s1. The number of benzene rings is 1. The van der Waals surface area contributed by atoms with Gasteiger partial charge < -0.3 is 10.4 Å². The van der Waals surface area contributed by atoms with Crippen LogP contribution in [0.1, 0.15) is 24.2 Å². The van der Waals surface area contributed by atoms with Gasteiger partial charge in [0.1, 0.15) is 11.9 Å². The normalized spacial score (nSPS) is 12.3. The number of carbonyl (C=O) groups excluding carboxylic acids is 1. The minimum Gasteiger partial charge on any atom is -0.480 e. The first kappa shape index (κ1) is 14.6. The van der Waals surface area contributed by atoms with Crippen molar-refractivity contribution in [2.45, 2.75) is 19.9 Å². The highest BCUT2D eigenvalue weighted by Crippen LogP contribution is 2.15. The van der Waals surface area contributed by atoms with Crippen LogP contribution in [0.3, 0.4) is 0 Å². The van der Waals surface area contributed by atoms with Crippen LogP contribution in [-0.2, 0) is 4.79 Å². The lowest BCUT2D eigenvalue weighted by atomic mass is 10.0. The SMILES string of the molecule is CC(C)[C@@H](NC(=O)c1cc(F)cc(Br)c1)C(=O)O. The zero-order valence-corrected chi connectivity index (χ0v) is 11.5. The molecule has 1 amide bonds. The summed E-state index contributed by atoms with van der Waals surface area (Å²) in [5.41, 5.74) is 0.0776. The van der Waals surface area contributed by atoms with Crippen LogP contribution in [0.15, 0.2) is 22.7 Å². The number of carboxylic acid groups (broad SMARTS) is 1. The largest absolute Gasteiger partial charge is 0.480 e. The summed E-state index contributed by atoms with van der Waals surface area (Å²) >= 11 is 3.07. The Kier molecular flexibility index (Phi) is 4.84. The molecular formula is C12H13BrFNO3. The molecule has 6 heteroatoms. The maximum absolute atomic E-state index is 13.1. The lowest BCUT2D eigenvalue weighted by Gasteiger charge is -2.17. The summed E-state index contributed by atoms with van der Waals surface area (Å²) in [4.78, 5) is 22.8. The average Bonchev–Trinajstić information content (AvgIpc) is 2.23. The summed E-state index contributed by atoms with van der Waals surface area (Å²) in [6.07, 6.45) is 0. The zero-order valence-electron chi connectivity index (χ0n) is 9.91. The summed E-state index contributed by atoms with van der Waals surface area (Å²) in [6, 6.07) is 2.70. The fraction of sp³-hybridized carbons (Fsp3) is 0.333. The third-order valence-corrected chi connectivity index (χ3v) is 2.80. The number of halogens is 2. The highest BCUT2D eigenvalue weighted by atomic mass is 79.9. The van der Waals surface area contributed by atoms with Crippen LogP contribution < -0.4 is 5.32 Å². The molecule has 0 bridgehead atoms. The van der Waals surface area contributed by atoms with Gasteiger partial charge >= 0.3 is 5.97 Å². The van der Waals surface area contributed by atoms with Crippen molar-refractivity contribution in [1.82, 2.24) is 5.32 Å². The monoisotopic (exact) mass is 317 g/mol. The quantitative estimate of drug-likeness (QED) is 0.896. The van der Waals surface area contributed by atoms with Gasteiger partial charge in [0.05, 0.1) is 0 Å². The molecule has 0 fully saturated rings. The van der Waals surface area contributed by atoms with Crippen molar-refractivity contribution in [2.75, 3.05) is 0 Å². The molecule has 0 unspecified atom stereocenters. The van der Waals surface area contributed by atoms with Crippen LogP contribution in [0.4, 0.5) is 4.39 Å². The summed E-state index contributed by atoms with van der Waals surface area (Å²) in [7, 11) is 0. The Hall–Kier alpha value is -1.43. The smallest absolute Gasteiger partial charge is 0.326 e. The van der Waals surface area contributed by atoms with Crippen molar-refractivity contribution in [3.63, 3.8) is 0 Å². The van der Waals surface area contributed by atoms with Crippen molar-refractivity contribution >= 4 is 27.8 Å². The van der Waals surface area contributed by atoms with E-state index in [9.17, 15) is 14.0 Å². The van der Waals surface area contributed by atoms with E-state index >= 15 is 0 Å². The molecule has 0 heterocycles. The fourth-order valence-electron chi connectivity index (χ4n) is 1.42. The number of hydrogen-bond donors (Lipinski definition) is 2. The Morgan fingerprint density at radius 1 is 1.33 bits per heavy atom. The van der Waals surface area contributed by atoms with Crippen LogP contribution in [0.5, 0.6) is 0 Å². The van der Waals surface area contributed by atoms with Gasteiger partial charge in [-0.05, 0) is 24.1 Å². The Balaban J connectivity index is 2.90. The van der Waals surface area contributed by atoms with Crippen molar-refractivity contribution in [3.05, 3.63) is 34.1 Å². The molecule has 0 saturated heterocycles. The number of carboxylic acids is 1. The second-order valence-corrected chi connectivity index (χ2v) is 5.11. The van der Waals surface area contributed by atoms with E-state index in [1.165, 1.54) is 12.1 Å². The molecule has 1 rings (SSSR count). The number of amides is 1. The van der Waals surface area contributed by atoms with Gasteiger partial charge in [-0.15, -0.1) is 0 Å². The van der Waals surface area contributed by atoms with Crippen LogP contribution in [-0.4, -0.2) is 23.0 Å². The highest BCUT2D eigenvalue weighted by molar-refractivity contribution is 9.10. The Morgan fingerprint density at radius 3 is 2.39 bits per heavy atom. The van der Waals surface area contributed by atoms with Crippen molar-refractivity contribution in [2.24, 2.45) is 5.92 Å². The van der Waals surface area contributed by atoms with Crippen LogP contribution >= 0.6 is 15.9 Å². The number of nitrogens with one attached hydrogen (secondary N) is 1. The third kappa shape index (κ3) is 3.80. The van der Waals surface area contributed by atoms with Crippen molar-refractivity contribution in [1.29, 1.82) is 0 Å². The number of carbonyl (C=O) groups is 2. The second kappa shape index (κ2) is 5.95. The van der Waals surface area contributed by atoms with E-state index < -0.39 is 23.7 Å². The minimum atomic E-state index is -1.12. The number of rotatable bonds is 4. The molecule has 0 aliphatic rings. The van der Waals surface area contributed by atoms with E-state index in [1.807, 2.05) is 0 Å². The molecule has 98 valence electrons.